The Kier molecular flexibility index (Phi) is 6.48. The second-order valence-electron chi connectivity index (χ2n) is 8.24. The van der Waals surface area contributed by atoms with Crippen LogP contribution >= 0.6 is 11.3 Å². The Morgan fingerprint density at radius 3 is 2.44 bits per heavy atom. The number of carbonyl (C=O) groups is 1. The van der Waals surface area contributed by atoms with Gasteiger partial charge in [-0.25, -0.2) is 17.8 Å². The summed E-state index contributed by atoms with van der Waals surface area (Å²) in [7, 11) is -3.62. The van der Waals surface area contributed by atoms with Gasteiger partial charge in [-0.05, 0) is 41.8 Å². The molecule has 0 radical (unpaired) electrons. The van der Waals surface area contributed by atoms with Gasteiger partial charge in [0.2, 0.25) is 5.91 Å². The van der Waals surface area contributed by atoms with E-state index >= 15 is 0 Å². The number of para-hydroxylation sites is 1. The van der Waals surface area contributed by atoms with Crippen LogP contribution in [-0.4, -0.2) is 56.1 Å². The van der Waals surface area contributed by atoms with E-state index in [0.717, 1.165) is 27.5 Å². The molecule has 9 heteroatoms. The van der Waals surface area contributed by atoms with Crippen LogP contribution in [0.15, 0.2) is 47.4 Å². The zero-order chi connectivity index (χ0) is 22.9. The lowest BCUT2D eigenvalue weighted by Gasteiger charge is -2.34. The van der Waals surface area contributed by atoms with Crippen LogP contribution in [0, 0.1) is 5.82 Å². The minimum atomic E-state index is -3.62. The van der Waals surface area contributed by atoms with Crippen molar-refractivity contribution in [2.24, 2.45) is 0 Å². The normalized spacial score (nSPS) is 15.0. The number of aromatic nitrogens is 1. The van der Waals surface area contributed by atoms with Crippen LogP contribution in [0.2, 0.25) is 0 Å². The van der Waals surface area contributed by atoms with Gasteiger partial charge in [-0.1, -0.05) is 37.3 Å². The molecule has 4 rings (SSSR count). The van der Waals surface area contributed by atoms with E-state index in [1.165, 1.54) is 17.7 Å². The summed E-state index contributed by atoms with van der Waals surface area (Å²) in [5, 5.41) is 0.957. The van der Waals surface area contributed by atoms with Gasteiger partial charge in [0, 0.05) is 32.6 Å². The first-order valence-electron chi connectivity index (χ1n) is 10.6. The number of carbonyl (C=O) groups excluding carboxylic acids is 1. The minimum Gasteiger partial charge on any atom is -0.345 e. The van der Waals surface area contributed by atoms with Crippen LogP contribution in [0.25, 0.3) is 10.2 Å². The van der Waals surface area contributed by atoms with Crippen molar-refractivity contribution in [2.45, 2.75) is 31.1 Å². The van der Waals surface area contributed by atoms with Crippen molar-refractivity contribution in [3.05, 3.63) is 53.8 Å². The van der Waals surface area contributed by atoms with E-state index in [-0.39, 0.29) is 23.0 Å². The van der Waals surface area contributed by atoms with Gasteiger partial charge in [-0.15, -0.1) is 0 Å². The number of benzene rings is 2. The first-order valence-corrected chi connectivity index (χ1v) is 13.1. The third kappa shape index (κ3) is 4.78. The highest BCUT2D eigenvalue weighted by Crippen LogP contribution is 2.33. The van der Waals surface area contributed by atoms with Crippen molar-refractivity contribution in [1.82, 2.24) is 9.88 Å². The summed E-state index contributed by atoms with van der Waals surface area (Å²) in [5.74, 6) is -0.560. The topological polar surface area (TPSA) is 70.6 Å². The van der Waals surface area contributed by atoms with Crippen LogP contribution in [0.3, 0.4) is 0 Å². The highest BCUT2D eigenvalue weighted by Gasteiger charge is 2.25. The highest BCUT2D eigenvalue weighted by molar-refractivity contribution is 7.91. The Bertz CT molecular complexity index is 1220. The van der Waals surface area contributed by atoms with E-state index in [4.69, 9.17) is 4.98 Å². The molecular weight excluding hydrogens is 449 g/mol. The molecule has 0 spiro atoms. The fourth-order valence-electron chi connectivity index (χ4n) is 3.85. The van der Waals surface area contributed by atoms with Crippen molar-refractivity contribution in [3.8, 4) is 0 Å². The van der Waals surface area contributed by atoms with Crippen LogP contribution in [0.1, 0.15) is 31.7 Å². The van der Waals surface area contributed by atoms with Crippen LogP contribution in [0.4, 0.5) is 9.52 Å². The Morgan fingerprint density at radius 2 is 1.78 bits per heavy atom. The molecule has 1 aliphatic rings. The molecule has 0 saturated carbocycles. The average molecular weight is 476 g/mol. The van der Waals surface area contributed by atoms with E-state index in [1.807, 2.05) is 0 Å². The molecule has 2 heterocycles. The number of nitrogens with zero attached hydrogens (tertiary/aromatic N) is 3. The molecule has 0 unspecified atom stereocenters. The predicted molar refractivity (Wildman–Crippen MR) is 126 cm³/mol. The Balaban J connectivity index is 1.35. The van der Waals surface area contributed by atoms with Crippen LogP contribution < -0.4 is 4.90 Å². The molecule has 1 aliphatic heterocycles. The summed E-state index contributed by atoms with van der Waals surface area (Å²) in [6.45, 7) is 6.70. The number of anilines is 1. The zero-order valence-electron chi connectivity index (χ0n) is 18.1. The number of hydrogen-bond donors (Lipinski definition) is 0. The molecule has 1 fully saturated rings. The van der Waals surface area contributed by atoms with Crippen molar-refractivity contribution in [3.63, 3.8) is 0 Å². The van der Waals surface area contributed by atoms with Gasteiger partial charge in [-0.3, -0.25) is 4.79 Å². The van der Waals surface area contributed by atoms with Gasteiger partial charge in [0.1, 0.15) is 5.82 Å². The summed E-state index contributed by atoms with van der Waals surface area (Å²) in [4.78, 5) is 21.4. The molecule has 32 heavy (non-hydrogen) atoms. The van der Waals surface area contributed by atoms with Gasteiger partial charge in [-0.2, -0.15) is 0 Å². The molecule has 1 aromatic heterocycles. The summed E-state index contributed by atoms with van der Waals surface area (Å²) in [5.41, 5.74) is 2.29. The third-order valence-electron chi connectivity index (χ3n) is 5.72. The maximum atomic E-state index is 13.0. The molecule has 0 atom stereocenters. The van der Waals surface area contributed by atoms with Crippen molar-refractivity contribution in [1.29, 1.82) is 0 Å². The van der Waals surface area contributed by atoms with E-state index in [1.54, 1.807) is 16.2 Å². The predicted octanol–water partition coefficient (Wildman–Crippen LogP) is 4.07. The van der Waals surface area contributed by atoms with Crippen LogP contribution in [-0.2, 0) is 14.6 Å². The molecule has 0 N–H and O–H groups in total. The lowest BCUT2D eigenvalue weighted by molar-refractivity contribution is -0.131. The molecule has 1 amide bonds. The molecule has 1 saturated heterocycles. The van der Waals surface area contributed by atoms with Gasteiger partial charge in [0.05, 0.1) is 20.9 Å². The maximum Gasteiger partial charge on any atom is 0.223 e. The van der Waals surface area contributed by atoms with Gasteiger partial charge in [0.25, 0.3) is 0 Å². The minimum absolute atomic E-state index is 0.0353. The number of halogens is 1. The van der Waals surface area contributed by atoms with E-state index < -0.39 is 15.7 Å². The first kappa shape index (κ1) is 22.7. The molecule has 2 aromatic carbocycles. The monoisotopic (exact) mass is 475 g/mol. The number of hydrogen-bond acceptors (Lipinski definition) is 6. The van der Waals surface area contributed by atoms with Crippen molar-refractivity contribution >= 4 is 42.4 Å². The zero-order valence-corrected chi connectivity index (χ0v) is 19.8. The fraction of sp³-hybridized carbons (Fsp3) is 0.391. The number of fused-ring (bicyclic) bond motifs is 1. The smallest absolute Gasteiger partial charge is 0.223 e. The quantitative estimate of drug-likeness (QED) is 0.503. The Hall–Kier alpha value is -2.52. The van der Waals surface area contributed by atoms with Gasteiger partial charge < -0.3 is 9.80 Å². The van der Waals surface area contributed by atoms with Crippen LogP contribution in [0.5, 0.6) is 0 Å². The average Bonchev–Trinajstić information content (AvgIpc) is 3.22. The second kappa shape index (κ2) is 9.15. The first-order chi connectivity index (χ1) is 15.2. The summed E-state index contributed by atoms with van der Waals surface area (Å²) >= 11 is 1.66. The SMILES string of the molecule is CC(C)c1cccc2sc(N3CCN(C(=O)CCS(=O)(=O)c4ccc(F)cc4)CC3)nc12. The number of piperazine rings is 1. The Labute approximate surface area is 191 Å². The van der Waals surface area contributed by atoms with Crippen molar-refractivity contribution in [2.75, 3.05) is 36.8 Å². The molecule has 170 valence electrons. The second-order valence-corrected chi connectivity index (χ2v) is 11.4. The number of amides is 1. The number of rotatable bonds is 6. The fourth-order valence-corrected chi connectivity index (χ4v) is 6.13. The Morgan fingerprint density at radius 1 is 1.09 bits per heavy atom. The summed E-state index contributed by atoms with van der Waals surface area (Å²) < 4.78 is 39.0. The lowest BCUT2D eigenvalue weighted by atomic mass is 10.0. The maximum absolute atomic E-state index is 13.0. The number of thiazole rings is 1. The molecule has 3 aromatic rings. The standard InChI is InChI=1S/C23H26FN3O3S2/c1-16(2)19-4-3-5-20-22(19)25-23(31-20)27-13-11-26(12-14-27)21(28)10-15-32(29,30)18-8-6-17(24)7-9-18/h3-9,16H,10-15H2,1-2H3. The number of sulfone groups is 1. The van der Waals surface area contributed by atoms with Gasteiger partial charge >= 0.3 is 0 Å². The van der Waals surface area contributed by atoms with E-state index in [2.05, 4.69) is 36.9 Å². The van der Waals surface area contributed by atoms with E-state index in [0.29, 0.717) is 32.1 Å². The lowest BCUT2D eigenvalue weighted by Crippen LogP contribution is -2.49. The third-order valence-corrected chi connectivity index (χ3v) is 8.53. The molecule has 0 aliphatic carbocycles. The summed E-state index contributed by atoms with van der Waals surface area (Å²) in [6.07, 6.45) is -0.0847. The van der Waals surface area contributed by atoms with E-state index in [9.17, 15) is 17.6 Å². The largest absolute Gasteiger partial charge is 0.345 e. The highest BCUT2D eigenvalue weighted by atomic mass is 32.2. The van der Waals surface area contributed by atoms with Gasteiger partial charge in [0.15, 0.2) is 15.0 Å². The molecule has 0 bridgehead atoms. The summed E-state index contributed by atoms with van der Waals surface area (Å²) in [6, 6.07) is 11.0. The molecular formula is C23H26FN3O3S2. The van der Waals surface area contributed by atoms with Crippen molar-refractivity contribution < 1.29 is 17.6 Å². The molecule has 6 nitrogen and oxygen atoms in total.